The Bertz CT molecular complexity index is 720. The third kappa shape index (κ3) is 6.56. The number of hydrogen-bond donors (Lipinski definition) is 1. The molecule has 0 saturated carbocycles. The van der Waals surface area contributed by atoms with E-state index in [2.05, 4.69) is 47.0 Å². The van der Waals surface area contributed by atoms with Crippen LogP contribution in [0.3, 0.4) is 0 Å². The van der Waals surface area contributed by atoms with E-state index in [9.17, 15) is 5.11 Å². The SMILES string of the molecule is COc1ccc(OC[C@H](O)C[N+](C)(C)Cc2ccccc2)c(C(C)(C)C)c1. The molecule has 0 aromatic heterocycles. The van der Waals surface area contributed by atoms with Crippen LogP contribution >= 0.6 is 0 Å². The Kier molecular flexibility index (Phi) is 6.90. The first-order chi connectivity index (χ1) is 12.6. The summed E-state index contributed by atoms with van der Waals surface area (Å²) in [5.74, 6) is 1.62. The molecule has 0 heterocycles. The van der Waals surface area contributed by atoms with Crippen molar-refractivity contribution in [3.8, 4) is 11.5 Å². The van der Waals surface area contributed by atoms with Gasteiger partial charge in [-0.25, -0.2) is 0 Å². The van der Waals surface area contributed by atoms with Crippen molar-refractivity contribution in [1.29, 1.82) is 0 Å². The number of hydrogen-bond acceptors (Lipinski definition) is 3. The molecule has 0 bridgehead atoms. The highest BCUT2D eigenvalue weighted by atomic mass is 16.5. The quantitative estimate of drug-likeness (QED) is 0.712. The van der Waals surface area contributed by atoms with Crippen molar-refractivity contribution in [1.82, 2.24) is 0 Å². The maximum absolute atomic E-state index is 10.6. The second kappa shape index (κ2) is 8.77. The Hall–Kier alpha value is -2.04. The predicted molar refractivity (Wildman–Crippen MR) is 110 cm³/mol. The van der Waals surface area contributed by atoms with Gasteiger partial charge in [-0.15, -0.1) is 0 Å². The van der Waals surface area contributed by atoms with E-state index >= 15 is 0 Å². The maximum Gasteiger partial charge on any atom is 0.137 e. The van der Waals surface area contributed by atoms with Crippen molar-refractivity contribution in [3.63, 3.8) is 0 Å². The molecule has 2 aromatic rings. The van der Waals surface area contributed by atoms with Crippen LogP contribution in [-0.2, 0) is 12.0 Å². The van der Waals surface area contributed by atoms with E-state index in [1.54, 1.807) is 7.11 Å². The maximum atomic E-state index is 10.6. The Morgan fingerprint density at radius 3 is 2.30 bits per heavy atom. The van der Waals surface area contributed by atoms with E-state index in [4.69, 9.17) is 9.47 Å². The first-order valence-corrected chi connectivity index (χ1v) is 9.46. The van der Waals surface area contributed by atoms with Crippen LogP contribution in [0.15, 0.2) is 48.5 Å². The molecule has 0 spiro atoms. The summed E-state index contributed by atoms with van der Waals surface area (Å²) in [5, 5.41) is 10.6. The van der Waals surface area contributed by atoms with Crippen molar-refractivity contribution in [2.75, 3.05) is 34.4 Å². The number of methoxy groups -OCH3 is 1. The molecule has 1 atom stereocenters. The van der Waals surface area contributed by atoms with Gasteiger partial charge in [-0.2, -0.15) is 0 Å². The molecule has 1 N–H and O–H groups in total. The van der Waals surface area contributed by atoms with Crippen molar-refractivity contribution >= 4 is 0 Å². The minimum Gasteiger partial charge on any atom is -0.497 e. The van der Waals surface area contributed by atoms with Gasteiger partial charge < -0.3 is 19.1 Å². The average molecular weight is 373 g/mol. The summed E-state index contributed by atoms with van der Waals surface area (Å²) in [6, 6.07) is 16.2. The molecule has 0 aliphatic heterocycles. The highest BCUT2D eigenvalue weighted by Crippen LogP contribution is 2.34. The zero-order valence-electron chi connectivity index (χ0n) is 17.5. The molecule has 0 fully saturated rings. The number of ether oxygens (including phenoxy) is 2. The first kappa shape index (κ1) is 21.3. The highest BCUT2D eigenvalue weighted by molar-refractivity contribution is 5.44. The summed E-state index contributed by atoms with van der Waals surface area (Å²) in [5.41, 5.74) is 2.27. The molecule has 0 aliphatic carbocycles. The van der Waals surface area contributed by atoms with Gasteiger partial charge in [0.1, 0.15) is 37.3 Å². The lowest BCUT2D eigenvalue weighted by Crippen LogP contribution is -2.46. The van der Waals surface area contributed by atoms with Crippen LogP contribution < -0.4 is 9.47 Å². The minimum atomic E-state index is -0.543. The van der Waals surface area contributed by atoms with Gasteiger partial charge in [0.25, 0.3) is 0 Å². The van der Waals surface area contributed by atoms with E-state index in [0.29, 0.717) is 11.0 Å². The van der Waals surface area contributed by atoms with Gasteiger partial charge >= 0.3 is 0 Å². The molecule has 148 valence electrons. The lowest BCUT2D eigenvalue weighted by Gasteiger charge is -2.32. The fraction of sp³-hybridized carbons (Fsp3) is 0.478. The van der Waals surface area contributed by atoms with Gasteiger partial charge in [-0.05, 0) is 23.6 Å². The lowest BCUT2D eigenvalue weighted by atomic mass is 9.86. The van der Waals surface area contributed by atoms with Crippen molar-refractivity contribution in [3.05, 3.63) is 59.7 Å². The molecule has 0 aliphatic rings. The van der Waals surface area contributed by atoms with Gasteiger partial charge in [0.05, 0.1) is 21.2 Å². The van der Waals surface area contributed by atoms with Gasteiger partial charge in [0, 0.05) is 11.1 Å². The third-order valence-corrected chi connectivity index (χ3v) is 4.58. The molecule has 4 heteroatoms. The fourth-order valence-corrected chi connectivity index (χ4v) is 3.30. The normalized spacial score (nSPS) is 13.3. The van der Waals surface area contributed by atoms with E-state index in [-0.39, 0.29) is 12.0 Å². The summed E-state index contributed by atoms with van der Waals surface area (Å²) >= 11 is 0. The second-order valence-corrected chi connectivity index (χ2v) is 8.84. The molecular formula is C23H34NO3+. The Balaban J connectivity index is 2.00. The van der Waals surface area contributed by atoms with E-state index < -0.39 is 6.10 Å². The van der Waals surface area contributed by atoms with Crippen LogP contribution in [0.4, 0.5) is 0 Å². The highest BCUT2D eigenvalue weighted by Gasteiger charge is 2.24. The largest absolute Gasteiger partial charge is 0.497 e. The van der Waals surface area contributed by atoms with Gasteiger partial charge in [-0.3, -0.25) is 0 Å². The molecule has 0 saturated heterocycles. The number of likely N-dealkylation sites (N-methyl/N-ethyl adjacent to an activating group) is 1. The molecule has 0 radical (unpaired) electrons. The van der Waals surface area contributed by atoms with Gasteiger partial charge in [0.15, 0.2) is 0 Å². The van der Waals surface area contributed by atoms with Crippen LogP contribution in [0.25, 0.3) is 0 Å². The summed E-state index contributed by atoms with van der Waals surface area (Å²) in [4.78, 5) is 0. The van der Waals surface area contributed by atoms with E-state index in [1.807, 2.05) is 36.4 Å². The predicted octanol–water partition coefficient (Wildman–Crippen LogP) is 4.01. The van der Waals surface area contributed by atoms with E-state index in [0.717, 1.165) is 23.6 Å². The van der Waals surface area contributed by atoms with Crippen LogP contribution in [0.2, 0.25) is 0 Å². The molecule has 27 heavy (non-hydrogen) atoms. The number of quaternary nitrogens is 1. The number of nitrogens with zero attached hydrogens (tertiary/aromatic N) is 1. The van der Waals surface area contributed by atoms with Crippen molar-refractivity contribution in [2.45, 2.75) is 38.8 Å². The second-order valence-electron chi connectivity index (χ2n) is 8.84. The zero-order chi connectivity index (χ0) is 20.1. The molecule has 0 unspecified atom stereocenters. The molecular weight excluding hydrogens is 338 g/mol. The molecule has 4 nitrogen and oxygen atoms in total. The van der Waals surface area contributed by atoms with Crippen LogP contribution in [-0.4, -0.2) is 50.1 Å². The number of benzene rings is 2. The van der Waals surface area contributed by atoms with Crippen molar-refractivity contribution < 1.29 is 19.1 Å². The standard InChI is InChI=1S/C23H34NO3/c1-23(2,3)21-14-20(26-6)12-13-22(21)27-17-19(25)16-24(4,5)15-18-10-8-7-9-11-18/h7-14,19,25H,15-17H2,1-6H3/q+1/t19-/m1/s1. The first-order valence-electron chi connectivity index (χ1n) is 9.46. The number of aliphatic hydroxyl groups is 1. The fourth-order valence-electron chi connectivity index (χ4n) is 3.30. The number of rotatable bonds is 8. The van der Waals surface area contributed by atoms with Crippen LogP contribution in [0.1, 0.15) is 31.9 Å². The summed E-state index contributed by atoms with van der Waals surface area (Å²) in [6.45, 7) is 8.19. The molecule has 0 amide bonds. The van der Waals surface area contributed by atoms with Crippen molar-refractivity contribution in [2.24, 2.45) is 0 Å². The molecule has 2 rings (SSSR count). The lowest BCUT2D eigenvalue weighted by molar-refractivity contribution is -0.906. The minimum absolute atomic E-state index is 0.0720. The smallest absolute Gasteiger partial charge is 0.137 e. The molecule has 2 aromatic carbocycles. The Labute approximate surface area is 163 Å². The van der Waals surface area contributed by atoms with E-state index in [1.165, 1.54) is 5.56 Å². The van der Waals surface area contributed by atoms with Gasteiger partial charge in [-0.1, -0.05) is 51.1 Å². The summed E-state index contributed by atoms with van der Waals surface area (Å²) < 4.78 is 12.0. The zero-order valence-corrected chi connectivity index (χ0v) is 17.5. The average Bonchev–Trinajstić information content (AvgIpc) is 2.59. The third-order valence-electron chi connectivity index (χ3n) is 4.58. The topological polar surface area (TPSA) is 38.7 Å². The summed E-state index contributed by atoms with van der Waals surface area (Å²) in [6.07, 6.45) is -0.543. The Morgan fingerprint density at radius 2 is 1.70 bits per heavy atom. The van der Waals surface area contributed by atoms with Crippen LogP contribution in [0.5, 0.6) is 11.5 Å². The van der Waals surface area contributed by atoms with Crippen LogP contribution in [0, 0.1) is 0 Å². The van der Waals surface area contributed by atoms with Gasteiger partial charge in [0.2, 0.25) is 0 Å². The summed E-state index contributed by atoms with van der Waals surface area (Å²) in [7, 11) is 5.92. The number of aliphatic hydroxyl groups excluding tert-OH is 1. The Morgan fingerprint density at radius 1 is 1.04 bits per heavy atom. The monoisotopic (exact) mass is 372 g/mol.